The summed E-state index contributed by atoms with van der Waals surface area (Å²) in [5.41, 5.74) is 5.49. The highest BCUT2D eigenvalue weighted by Crippen LogP contribution is 2.21. The van der Waals surface area contributed by atoms with E-state index in [-0.39, 0.29) is 0 Å². The van der Waals surface area contributed by atoms with Gasteiger partial charge in [-0.3, -0.25) is 4.90 Å². The van der Waals surface area contributed by atoms with Crippen molar-refractivity contribution in [1.82, 2.24) is 4.90 Å². The minimum Gasteiger partial charge on any atom is -0.409 e. The second-order valence-electron chi connectivity index (χ2n) is 3.89. The first-order chi connectivity index (χ1) is 6.15. The fraction of sp³-hybridized carbons (Fsp3) is 0.889. The molecule has 1 fully saturated rings. The number of amidine groups is 1. The topological polar surface area (TPSA) is 61.8 Å². The number of likely N-dealkylation sites (tertiary alicyclic amines) is 1. The lowest BCUT2D eigenvalue weighted by atomic mass is 9.97. The summed E-state index contributed by atoms with van der Waals surface area (Å²) >= 11 is 0. The van der Waals surface area contributed by atoms with Crippen LogP contribution in [0.5, 0.6) is 0 Å². The van der Waals surface area contributed by atoms with Crippen LogP contribution in [0.4, 0.5) is 0 Å². The van der Waals surface area contributed by atoms with Gasteiger partial charge in [-0.15, -0.1) is 0 Å². The van der Waals surface area contributed by atoms with Crippen LogP contribution in [0, 0.1) is 0 Å². The van der Waals surface area contributed by atoms with E-state index < -0.39 is 0 Å². The highest BCUT2D eigenvalue weighted by molar-refractivity contribution is 5.81. The lowest BCUT2D eigenvalue weighted by Crippen LogP contribution is -2.47. The molecule has 0 bridgehead atoms. The molecule has 1 rings (SSSR count). The van der Waals surface area contributed by atoms with E-state index in [1.807, 2.05) is 0 Å². The number of nitrogens with two attached hydrogens (primary N) is 1. The second-order valence-corrected chi connectivity index (χ2v) is 3.89. The van der Waals surface area contributed by atoms with Gasteiger partial charge in [0.25, 0.3) is 0 Å². The zero-order valence-electron chi connectivity index (χ0n) is 8.40. The van der Waals surface area contributed by atoms with Gasteiger partial charge in [-0.05, 0) is 26.7 Å². The first-order valence-corrected chi connectivity index (χ1v) is 4.87. The molecule has 76 valence electrons. The molecule has 0 unspecified atom stereocenters. The van der Waals surface area contributed by atoms with E-state index in [0.717, 1.165) is 0 Å². The van der Waals surface area contributed by atoms with Crippen molar-refractivity contribution in [3.8, 4) is 0 Å². The fourth-order valence-electron chi connectivity index (χ4n) is 2.01. The first-order valence-electron chi connectivity index (χ1n) is 4.87. The van der Waals surface area contributed by atoms with Crippen LogP contribution >= 0.6 is 0 Å². The number of piperidine rings is 1. The summed E-state index contributed by atoms with van der Waals surface area (Å²) in [5, 5.41) is 11.5. The molecule has 1 aliphatic rings. The molecule has 0 aromatic heterocycles. The van der Waals surface area contributed by atoms with Crippen LogP contribution in [0.15, 0.2) is 5.16 Å². The molecule has 1 heterocycles. The Kier molecular flexibility index (Phi) is 3.54. The molecule has 0 spiro atoms. The van der Waals surface area contributed by atoms with Crippen LogP contribution in [-0.4, -0.2) is 34.6 Å². The quantitative estimate of drug-likeness (QED) is 0.292. The van der Waals surface area contributed by atoms with Gasteiger partial charge in [0.2, 0.25) is 0 Å². The number of oxime groups is 1. The van der Waals surface area contributed by atoms with E-state index in [0.29, 0.717) is 24.5 Å². The Hall–Kier alpha value is -0.770. The minimum atomic E-state index is 0.306. The molecule has 2 atom stereocenters. The molecule has 0 radical (unpaired) electrons. The summed E-state index contributed by atoms with van der Waals surface area (Å²) in [6, 6.07) is 1.09. The normalized spacial score (nSPS) is 32.0. The van der Waals surface area contributed by atoms with Crippen molar-refractivity contribution in [1.29, 1.82) is 0 Å². The summed E-state index contributed by atoms with van der Waals surface area (Å²) < 4.78 is 0. The van der Waals surface area contributed by atoms with Gasteiger partial charge in [0.05, 0.1) is 6.54 Å². The van der Waals surface area contributed by atoms with Crippen molar-refractivity contribution >= 4 is 5.84 Å². The summed E-state index contributed by atoms with van der Waals surface area (Å²) in [6.45, 7) is 4.97. The molecule has 0 amide bonds. The Labute approximate surface area is 79.4 Å². The van der Waals surface area contributed by atoms with E-state index in [1.165, 1.54) is 19.3 Å². The molecule has 0 aliphatic carbocycles. The Morgan fingerprint density at radius 3 is 2.46 bits per heavy atom. The molecular formula is C9H19N3O. The van der Waals surface area contributed by atoms with Crippen LogP contribution in [0.25, 0.3) is 0 Å². The predicted molar refractivity (Wildman–Crippen MR) is 52.9 cm³/mol. The van der Waals surface area contributed by atoms with Crippen LogP contribution in [0.1, 0.15) is 33.1 Å². The minimum absolute atomic E-state index is 0.306. The van der Waals surface area contributed by atoms with Gasteiger partial charge in [0.15, 0.2) is 5.84 Å². The maximum Gasteiger partial charge on any atom is 0.153 e. The van der Waals surface area contributed by atoms with Crippen LogP contribution in [-0.2, 0) is 0 Å². The molecule has 3 N–H and O–H groups in total. The van der Waals surface area contributed by atoms with Gasteiger partial charge in [-0.2, -0.15) is 0 Å². The molecule has 4 heteroatoms. The standard InChI is InChI=1S/C9H19N3O/c1-7-4-3-5-8(2)12(7)6-9(10)11-13/h7-8,13H,3-6H2,1-2H3,(H2,10,11)/t7-,8-/m1/s1. The van der Waals surface area contributed by atoms with Gasteiger partial charge in [0.1, 0.15) is 0 Å². The van der Waals surface area contributed by atoms with Crippen molar-refractivity contribution in [3.63, 3.8) is 0 Å². The largest absolute Gasteiger partial charge is 0.409 e. The third kappa shape index (κ3) is 2.59. The molecule has 1 aliphatic heterocycles. The van der Waals surface area contributed by atoms with Crippen LogP contribution in [0.3, 0.4) is 0 Å². The Morgan fingerprint density at radius 2 is 2.00 bits per heavy atom. The molecule has 4 nitrogen and oxygen atoms in total. The maximum atomic E-state index is 8.47. The fourth-order valence-corrected chi connectivity index (χ4v) is 2.01. The lowest BCUT2D eigenvalue weighted by Gasteiger charge is -2.38. The number of rotatable bonds is 2. The van der Waals surface area contributed by atoms with Gasteiger partial charge >= 0.3 is 0 Å². The average molecular weight is 185 g/mol. The first kappa shape index (κ1) is 10.3. The zero-order valence-corrected chi connectivity index (χ0v) is 8.40. The maximum absolute atomic E-state index is 8.47. The van der Waals surface area contributed by atoms with Gasteiger partial charge in [0, 0.05) is 12.1 Å². The van der Waals surface area contributed by atoms with E-state index in [9.17, 15) is 0 Å². The monoisotopic (exact) mass is 185 g/mol. The van der Waals surface area contributed by atoms with Gasteiger partial charge in [-0.25, -0.2) is 0 Å². The van der Waals surface area contributed by atoms with Crippen LogP contribution < -0.4 is 5.73 Å². The lowest BCUT2D eigenvalue weighted by molar-refractivity contribution is 0.122. The van der Waals surface area contributed by atoms with Crippen molar-refractivity contribution < 1.29 is 5.21 Å². The predicted octanol–water partition coefficient (Wildman–Crippen LogP) is 0.996. The molecule has 0 aromatic rings. The number of hydrogen-bond acceptors (Lipinski definition) is 3. The highest BCUT2D eigenvalue weighted by atomic mass is 16.4. The summed E-state index contributed by atoms with van der Waals surface area (Å²) in [5.74, 6) is 0.306. The molecular weight excluding hydrogens is 166 g/mol. The van der Waals surface area contributed by atoms with E-state index in [4.69, 9.17) is 10.9 Å². The van der Waals surface area contributed by atoms with Crippen molar-refractivity contribution in [3.05, 3.63) is 0 Å². The average Bonchev–Trinajstić information content (AvgIpc) is 2.11. The summed E-state index contributed by atoms with van der Waals surface area (Å²) in [6.07, 6.45) is 3.71. The van der Waals surface area contributed by atoms with E-state index in [1.54, 1.807) is 0 Å². The van der Waals surface area contributed by atoms with Gasteiger partial charge in [-0.1, -0.05) is 11.6 Å². The van der Waals surface area contributed by atoms with Crippen molar-refractivity contribution in [2.75, 3.05) is 6.54 Å². The smallest absolute Gasteiger partial charge is 0.153 e. The molecule has 0 saturated carbocycles. The van der Waals surface area contributed by atoms with E-state index in [2.05, 4.69) is 23.9 Å². The van der Waals surface area contributed by atoms with Crippen molar-refractivity contribution in [2.24, 2.45) is 10.9 Å². The summed E-state index contributed by atoms with van der Waals surface area (Å²) in [4.78, 5) is 2.29. The SMILES string of the molecule is C[C@@H]1CCC[C@@H](C)N1C/C(N)=N\O. The summed E-state index contributed by atoms with van der Waals surface area (Å²) in [7, 11) is 0. The Morgan fingerprint density at radius 1 is 1.46 bits per heavy atom. The third-order valence-electron chi connectivity index (χ3n) is 2.85. The zero-order chi connectivity index (χ0) is 9.84. The van der Waals surface area contributed by atoms with E-state index >= 15 is 0 Å². The molecule has 13 heavy (non-hydrogen) atoms. The van der Waals surface area contributed by atoms with Crippen LogP contribution in [0.2, 0.25) is 0 Å². The number of nitrogens with zero attached hydrogens (tertiary/aromatic N) is 2. The highest BCUT2D eigenvalue weighted by Gasteiger charge is 2.24. The second kappa shape index (κ2) is 4.46. The number of hydrogen-bond donors (Lipinski definition) is 2. The van der Waals surface area contributed by atoms with Gasteiger partial charge < -0.3 is 10.9 Å². The third-order valence-corrected chi connectivity index (χ3v) is 2.85. The van der Waals surface area contributed by atoms with Crippen molar-refractivity contribution in [2.45, 2.75) is 45.2 Å². The molecule has 0 aromatic carbocycles. The Balaban J connectivity index is 2.53. The Bertz CT molecular complexity index is 183. The molecule has 1 saturated heterocycles.